The van der Waals surface area contributed by atoms with Gasteiger partial charge in [0, 0.05) is 42.8 Å². The first-order valence-corrected chi connectivity index (χ1v) is 23.5. The van der Waals surface area contributed by atoms with E-state index in [0.717, 1.165) is 77.6 Å². The van der Waals surface area contributed by atoms with E-state index in [-0.39, 0.29) is 42.8 Å². The van der Waals surface area contributed by atoms with Crippen molar-refractivity contribution in [2.24, 2.45) is 0 Å². The molecule has 6 heteroatoms. The summed E-state index contributed by atoms with van der Waals surface area (Å²) in [5.41, 5.74) is 17.1. The molecule has 1 radical (unpaired) electrons. The van der Waals surface area contributed by atoms with Crippen LogP contribution in [0.15, 0.2) is 161 Å². The Morgan fingerprint density at radius 3 is 1.93 bits per heavy atom. The maximum Gasteiger partial charge on any atom is 0.139 e. The number of benzene rings is 7. The van der Waals surface area contributed by atoms with Crippen LogP contribution in [0.5, 0.6) is 0 Å². The first kappa shape index (κ1) is 46.5. The van der Waals surface area contributed by atoms with Gasteiger partial charge in [-0.1, -0.05) is 141 Å². The van der Waals surface area contributed by atoms with E-state index < -0.39 is 0 Å². The molecule has 4 heterocycles. The number of furan rings is 2. The van der Waals surface area contributed by atoms with Crippen LogP contribution in [-0.4, -0.2) is 14.5 Å². The van der Waals surface area contributed by atoms with E-state index in [1.165, 1.54) is 39.1 Å². The zero-order valence-corrected chi connectivity index (χ0v) is 43.0. The zero-order chi connectivity index (χ0) is 46.8. The van der Waals surface area contributed by atoms with Gasteiger partial charge in [0.1, 0.15) is 16.7 Å². The minimum Gasteiger partial charge on any atom is -0.500 e. The van der Waals surface area contributed by atoms with E-state index in [2.05, 4.69) is 188 Å². The van der Waals surface area contributed by atoms with Crippen LogP contribution in [0.1, 0.15) is 103 Å². The van der Waals surface area contributed by atoms with Crippen molar-refractivity contribution < 1.29 is 28.9 Å². The van der Waals surface area contributed by atoms with Crippen LogP contribution in [0.4, 0.5) is 0 Å². The van der Waals surface area contributed by atoms with Crippen molar-refractivity contribution in [3.05, 3.63) is 186 Å². The third-order valence-electron chi connectivity index (χ3n) is 13.0. The number of rotatable bonds is 6. The molecular weight excluding hydrogens is 1010 g/mol. The van der Waals surface area contributed by atoms with Crippen LogP contribution < -0.4 is 0 Å². The van der Waals surface area contributed by atoms with Crippen molar-refractivity contribution >= 4 is 54.9 Å². The molecule has 0 aliphatic carbocycles. The Bertz CT molecular complexity index is 3570. The van der Waals surface area contributed by atoms with E-state index in [9.17, 15) is 0 Å². The Morgan fingerprint density at radius 2 is 1.24 bits per heavy atom. The average Bonchev–Trinajstić information content (AvgIpc) is 4.02. The van der Waals surface area contributed by atoms with Crippen LogP contribution in [0.2, 0.25) is 0 Å². The first-order valence-electron chi connectivity index (χ1n) is 23.5. The molecule has 0 aliphatic rings. The van der Waals surface area contributed by atoms with Crippen molar-refractivity contribution in [3.63, 3.8) is 0 Å². The average molecular weight is 1070 g/mol. The third kappa shape index (κ3) is 8.50. The molecule has 0 atom stereocenters. The van der Waals surface area contributed by atoms with Gasteiger partial charge in [0.05, 0.1) is 27.8 Å². The molecule has 0 saturated carbocycles. The largest absolute Gasteiger partial charge is 0.500 e. The number of pyridine rings is 1. The van der Waals surface area contributed by atoms with Gasteiger partial charge >= 0.3 is 0 Å². The molecular formula is C62H57IrN3O2-2. The quantitative estimate of drug-likeness (QED) is 0.156. The molecule has 68 heavy (non-hydrogen) atoms. The molecule has 0 spiro atoms. The van der Waals surface area contributed by atoms with Gasteiger partial charge in [-0.25, -0.2) is 0 Å². The van der Waals surface area contributed by atoms with Gasteiger partial charge in [0.2, 0.25) is 0 Å². The van der Waals surface area contributed by atoms with Crippen molar-refractivity contribution in [1.29, 1.82) is 0 Å². The zero-order valence-electron chi connectivity index (χ0n) is 40.6. The summed E-state index contributed by atoms with van der Waals surface area (Å²) >= 11 is 0. The fourth-order valence-corrected chi connectivity index (χ4v) is 9.32. The van der Waals surface area contributed by atoms with Crippen molar-refractivity contribution in [3.8, 4) is 39.5 Å². The monoisotopic (exact) mass is 1070 g/mol. The van der Waals surface area contributed by atoms with Crippen molar-refractivity contribution in [2.75, 3.05) is 0 Å². The number of hydrogen-bond acceptors (Lipinski definition) is 4. The molecule has 0 unspecified atom stereocenters. The van der Waals surface area contributed by atoms with Gasteiger partial charge in [0.25, 0.3) is 0 Å². The molecule has 0 aliphatic heterocycles. The van der Waals surface area contributed by atoms with Crippen molar-refractivity contribution in [1.82, 2.24) is 14.5 Å². The normalized spacial score (nSPS) is 12.1. The van der Waals surface area contributed by atoms with Crippen LogP contribution >= 0.6 is 0 Å². The molecule has 4 aromatic heterocycles. The minimum absolute atomic E-state index is 0. The number of imidazole rings is 1. The molecule has 0 N–H and O–H groups in total. The van der Waals surface area contributed by atoms with Gasteiger partial charge in [-0.15, -0.1) is 54.1 Å². The topological polar surface area (TPSA) is 57.0 Å². The number of nitrogens with zero attached hydrogens (tertiary/aromatic N) is 3. The Hall–Kier alpha value is -6.59. The summed E-state index contributed by atoms with van der Waals surface area (Å²) in [6.45, 7) is 22.6. The predicted octanol–water partition coefficient (Wildman–Crippen LogP) is 17.3. The predicted molar refractivity (Wildman–Crippen MR) is 279 cm³/mol. The fourth-order valence-electron chi connectivity index (χ4n) is 9.32. The standard InChI is InChI=1S/C47H41N2O2.C15H16N.Ir/c1-27(2)36-24-30(29-14-9-8-10-15-29)25-37(28(3)4)43(36)49-39-26-31(47(5,6)7)20-22-38(39)48-46(49)35-18-13-17-32-33-21-23-41-42(45(33)51-44(32)35)34-16-11-12-19-40(34)50-41;1-15(2,3)13-9-10-16-14(11-13)12-7-5-4-6-8-12;/h8-17,19-28H,1-7H3;4-7,9-11H,1-3H3;/q2*-1;. The van der Waals surface area contributed by atoms with E-state index in [1.807, 2.05) is 54.7 Å². The smallest absolute Gasteiger partial charge is 0.139 e. The number of aromatic nitrogens is 3. The molecule has 0 saturated heterocycles. The molecule has 0 fully saturated rings. The summed E-state index contributed by atoms with van der Waals surface area (Å²) < 4.78 is 15.6. The summed E-state index contributed by atoms with van der Waals surface area (Å²) in [6.07, 6.45) is 1.87. The molecule has 11 aromatic rings. The first-order chi connectivity index (χ1) is 32.2. The van der Waals surface area contributed by atoms with E-state index >= 15 is 0 Å². The van der Waals surface area contributed by atoms with Crippen molar-refractivity contribution in [2.45, 2.75) is 91.9 Å². The van der Waals surface area contributed by atoms with Gasteiger partial charge in [-0.3, -0.25) is 4.98 Å². The maximum absolute atomic E-state index is 6.97. The Kier molecular flexibility index (Phi) is 12.4. The maximum atomic E-state index is 6.97. The molecule has 343 valence electrons. The van der Waals surface area contributed by atoms with Gasteiger partial charge in [0.15, 0.2) is 0 Å². The number of para-hydroxylation sites is 1. The summed E-state index contributed by atoms with van der Waals surface area (Å²) in [4.78, 5) is 9.83. The van der Waals surface area contributed by atoms with Gasteiger partial charge < -0.3 is 18.4 Å². The Balaban J connectivity index is 0.000000289. The second kappa shape index (κ2) is 18.1. The summed E-state index contributed by atoms with van der Waals surface area (Å²) in [7, 11) is 0. The SMILES string of the molecule is CC(C)(C)c1ccnc(-c2[c-]cccc2)c1.CC(C)c1cc(-c2ccccc2)cc(C(C)C)c1-n1c(-c2[c-]ccc3c2oc2c3ccc3oc4ccccc4c32)nc2ccc(C(C)(C)C)cc21.[Ir]. The fraction of sp³-hybridized carbons (Fsp3) is 0.226. The minimum atomic E-state index is -0.0357. The van der Waals surface area contributed by atoms with Crippen LogP contribution in [0.3, 0.4) is 0 Å². The van der Waals surface area contributed by atoms with E-state index in [1.54, 1.807) is 0 Å². The van der Waals surface area contributed by atoms with Gasteiger partial charge in [-0.05, 0) is 110 Å². The van der Waals surface area contributed by atoms with Crippen LogP contribution in [0.25, 0.3) is 94.4 Å². The summed E-state index contributed by atoms with van der Waals surface area (Å²) in [6, 6.07) is 57.7. The number of fused-ring (bicyclic) bond motifs is 8. The Morgan fingerprint density at radius 1 is 0.559 bits per heavy atom. The Labute approximate surface area is 413 Å². The van der Waals surface area contributed by atoms with Crippen LogP contribution in [-0.2, 0) is 30.9 Å². The van der Waals surface area contributed by atoms with Gasteiger partial charge in [-0.2, -0.15) is 0 Å². The second-order valence-electron chi connectivity index (χ2n) is 20.5. The third-order valence-corrected chi connectivity index (χ3v) is 13.0. The molecule has 0 amide bonds. The summed E-state index contributed by atoms with van der Waals surface area (Å²) in [5.74, 6) is 1.34. The molecule has 0 bridgehead atoms. The number of hydrogen-bond donors (Lipinski definition) is 0. The van der Waals surface area contributed by atoms with E-state index in [0.29, 0.717) is 0 Å². The molecule has 5 nitrogen and oxygen atoms in total. The second-order valence-corrected chi connectivity index (χ2v) is 20.5. The van der Waals surface area contributed by atoms with Crippen LogP contribution in [0, 0.1) is 12.1 Å². The molecule has 11 rings (SSSR count). The molecule has 7 aromatic carbocycles. The summed E-state index contributed by atoms with van der Waals surface area (Å²) in [5, 5.41) is 4.13. The van der Waals surface area contributed by atoms with E-state index in [4.69, 9.17) is 13.8 Å².